The number of phenolic OH excluding ortho intramolecular Hbond substituents is 1. The van der Waals surface area contributed by atoms with E-state index in [4.69, 9.17) is 21.1 Å². The Morgan fingerprint density at radius 3 is 2.41 bits per heavy atom. The lowest BCUT2D eigenvalue weighted by molar-refractivity contribution is -0.131. The van der Waals surface area contributed by atoms with Gasteiger partial charge in [-0.3, -0.25) is 14.4 Å². The van der Waals surface area contributed by atoms with Crippen molar-refractivity contribution in [2.24, 2.45) is 0 Å². The molecule has 0 atom stereocenters. The number of fused-ring (bicyclic) bond motifs is 3. The van der Waals surface area contributed by atoms with Gasteiger partial charge in [0.15, 0.2) is 5.78 Å². The van der Waals surface area contributed by atoms with Gasteiger partial charge < -0.3 is 14.6 Å². The molecule has 0 amide bonds. The summed E-state index contributed by atoms with van der Waals surface area (Å²) in [6.45, 7) is 2.99. The third-order valence-corrected chi connectivity index (χ3v) is 5.24. The molecule has 0 fully saturated rings. The molecule has 0 saturated carbocycles. The van der Waals surface area contributed by atoms with Crippen molar-refractivity contribution in [1.29, 1.82) is 0 Å². The average molecular weight is 411 g/mol. The number of ether oxygens (including phenoxy) is 2. The zero-order chi connectivity index (χ0) is 21.0. The number of methoxy groups -OCH3 is 1. The van der Waals surface area contributed by atoms with Gasteiger partial charge in [0.25, 0.3) is 0 Å². The number of benzene rings is 3. The van der Waals surface area contributed by atoms with Crippen molar-refractivity contribution < 1.29 is 29.0 Å². The number of esters is 1. The molecule has 6 nitrogen and oxygen atoms in total. The number of phenols is 1. The van der Waals surface area contributed by atoms with Crippen LogP contribution in [0, 0.1) is 6.92 Å². The molecule has 0 heterocycles. The van der Waals surface area contributed by atoms with E-state index in [1.807, 2.05) is 0 Å². The lowest BCUT2D eigenvalue weighted by Crippen LogP contribution is -2.23. The quantitative estimate of drug-likeness (QED) is 0.393. The van der Waals surface area contributed by atoms with Crippen molar-refractivity contribution in [2.45, 2.75) is 13.8 Å². The fourth-order valence-corrected chi connectivity index (χ4v) is 4.05. The van der Waals surface area contributed by atoms with Crippen molar-refractivity contribution in [3.05, 3.63) is 63.2 Å². The first-order valence-corrected chi connectivity index (χ1v) is 9.07. The highest BCUT2D eigenvalue weighted by Gasteiger charge is 2.38. The zero-order valence-corrected chi connectivity index (χ0v) is 16.5. The SMILES string of the molecule is COc1cc(C)cc2c1C(=O)c1c(c(Cl)c3cccc(OC(C)=O)c3c1O)C2=O. The van der Waals surface area contributed by atoms with Crippen LogP contribution in [0.15, 0.2) is 30.3 Å². The van der Waals surface area contributed by atoms with E-state index in [2.05, 4.69) is 0 Å². The van der Waals surface area contributed by atoms with Crippen LogP contribution in [0.4, 0.5) is 0 Å². The second-order valence-corrected chi connectivity index (χ2v) is 7.11. The van der Waals surface area contributed by atoms with Crippen LogP contribution in [0.2, 0.25) is 5.02 Å². The number of hydrogen-bond acceptors (Lipinski definition) is 6. The van der Waals surface area contributed by atoms with Crippen LogP contribution in [0.3, 0.4) is 0 Å². The highest BCUT2D eigenvalue weighted by molar-refractivity contribution is 6.44. The minimum absolute atomic E-state index is 0.00581. The highest BCUT2D eigenvalue weighted by atomic mass is 35.5. The van der Waals surface area contributed by atoms with Crippen molar-refractivity contribution in [2.75, 3.05) is 7.11 Å². The molecule has 0 spiro atoms. The first-order chi connectivity index (χ1) is 13.8. The normalized spacial score (nSPS) is 12.6. The Kier molecular flexibility index (Phi) is 4.31. The molecule has 0 aromatic heterocycles. The summed E-state index contributed by atoms with van der Waals surface area (Å²) in [6.07, 6.45) is 0. The molecule has 29 heavy (non-hydrogen) atoms. The van der Waals surface area contributed by atoms with E-state index in [-0.39, 0.29) is 44.2 Å². The highest BCUT2D eigenvalue weighted by Crippen LogP contribution is 2.47. The molecular weight excluding hydrogens is 396 g/mol. The molecule has 146 valence electrons. The Morgan fingerprint density at radius 2 is 1.76 bits per heavy atom. The molecule has 0 aliphatic heterocycles. The molecule has 0 bridgehead atoms. The van der Waals surface area contributed by atoms with Crippen molar-refractivity contribution >= 4 is 39.9 Å². The van der Waals surface area contributed by atoms with E-state index in [0.29, 0.717) is 5.39 Å². The van der Waals surface area contributed by atoms with Crippen LogP contribution in [0.25, 0.3) is 10.8 Å². The Balaban J connectivity index is 2.13. The van der Waals surface area contributed by atoms with Gasteiger partial charge in [0.2, 0.25) is 5.78 Å². The van der Waals surface area contributed by atoms with E-state index < -0.39 is 23.3 Å². The van der Waals surface area contributed by atoms with Crippen molar-refractivity contribution in [3.63, 3.8) is 0 Å². The Labute approximate surface area is 170 Å². The maximum Gasteiger partial charge on any atom is 0.308 e. The zero-order valence-electron chi connectivity index (χ0n) is 15.8. The average Bonchev–Trinajstić information content (AvgIpc) is 2.67. The van der Waals surface area contributed by atoms with E-state index in [9.17, 15) is 19.5 Å². The molecule has 0 radical (unpaired) electrons. The van der Waals surface area contributed by atoms with Gasteiger partial charge in [-0.25, -0.2) is 0 Å². The summed E-state index contributed by atoms with van der Waals surface area (Å²) in [7, 11) is 1.40. The first-order valence-electron chi connectivity index (χ1n) is 8.69. The fourth-order valence-electron chi connectivity index (χ4n) is 3.71. The lowest BCUT2D eigenvalue weighted by atomic mass is 9.80. The number of aryl methyl sites for hydroxylation is 1. The number of halogens is 1. The third kappa shape index (κ3) is 2.68. The number of hydrogen-bond donors (Lipinski definition) is 1. The summed E-state index contributed by atoms with van der Waals surface area (Å²) >= 11 is 6.52. The van der Waals surface area contributed by atoms with Gasteiger partial charge in [-0.1, -0.05) is 23.7 Å². The van der Waals surface area contributed by atoms with Crippen LogP contribution in [-0.4, -0.2) is 29.8 Å². The predicted octanol–water partition coefficient (Wildman–Crippen LogP) is 4.22. The number of carbonyl (C=O) groups is 3. The molecule has 0 unspecified atom stereocenters. The van der Waals surface area contributed by atoms with Gasteiger partial charge in [-0.05, 0) is 30.7 Å². The molecule has 3 aromatic carbocycles. The minimum atomic E-state index is -0.601. The summed E-state index contributed by atoms with van der Waals surface area (Å²) in [5.41, 5.74) is 0.648. The molecular formula is C22H15ClO6. The maximum atomic E-state index is 13.3. The van der Waals surface area contributed by atoms with Gasteiger partial charge in [-0.15, -0.1) is 0 Å². The number of aromatic hydroxyl groups is 1. The number of carbonyl (C=O) groups excluding carboxylic acids is 3. The van der Waals surface area contributed by atoms with Crippen LogP contribution in [0.5, 0.6) is 17.2 Å². The van der Waals surface area contributed by atoms with Crippen molar-refractivity contribution in [3.8, 4) is 17.2 Å². The number of rotatable bonds is 2. The lowest BCUT2D eigenvalue weighted by Gasteiger charge is -2.23. The monoisotopic (exact) mass is 410 g/mol. The van der Waals surface area contributed by atoms with E-state index in [1.54, 1.807) is 31.2 Å². The molecule has 1 N–H and O–H groups in total. The molecule has 3 aromatic rings. The molecule has 1 aliphatic rings. The van der Waals surface area contributed by atoms with E-state index in [0.717, 1.165) is 5.56 Å². The molecule has 0 saturated heterocycles. The molecule has 4 rings (SSSR count). The Hall–Kier alpha value is -3.38. The largest absolute Gasteiger partial charge is 0.506 e. The third-order valence-electron chi connectivity index (χ3n) is 4.85. The molecule has 1 aliphatic carbocycles. The first kappa shape index (κ1) is 19.0. The van der Waals surface area contributed by atoms with Crippen LogP contribution in [0.1, 0.15) is 44.3 Å². The predicted molar refractivity (Wildman–Crippen MR) is 107 cm³/mol. The summed E-state index contributed by atoms with van der Waals surface area (Å²) in [6, 6.07) is 7.86. The van der Waals surface area contributed by atoms with E-state index in [1.165, 1.54) is 20.1 Å². The summed E-state index contributed by atoms with van der Waals surface area (Å²) < 4.78 is 10.5. The second kappa shape index (κ2) is 6.60. The van der Waals surface area contributed by atoms with Gasteiger partial charge in [0.1, 0.15) is 17.2 Å². The van der Waals surface area contributed by atoms with Crippen LogP contribution in [-0.2, 0) is 4.79 Å². The standard InChI is InChI=1S/C22H15ClO6/c1-9-7-12-16(14(8-9)28-3)22(27)18-17(20(12)25)19(23)11-5-4-6-13(29-10(2)24)15(11)21(18)26/h4-8,26H,1-3H3. The Morgan fingerprint density at radius 1 is 1.03 bits per heavy atom. The summed E-state index contributed by atoms with van der Waals surface area (Å²) in [5.74, 6) is -1.88. The van der Waals surface area contributed by atoms with Gasteiger partial charge in [0, 0.05) is 17.9 Å². The fraction of sp³-hybridized carbons (Fsp3) is 0.136. The van der Waals surface area contributed by atoms with Crippen LogP contribution >= 0.6 is 11.6 Å². The topological polar surface area (TPSA) is 89.9 Å². The van der Waals surface area contributed by atoms with Gasteiger partial charge in [-0.2, -0.15) is 0 Å². The second-order valence-electron chi connectivity index (χ2n) is 6.73. The van der Waals surface area contributed by atoms with Gasteiger partial charge in [0.05, 0.1) is 34.2 Å². The number of ketones is 2. The summed E-state index contributed by atoms with van der Waals surface area (Å²) in [5, 5.41) is 11.4. The Bertz CT molecular complexity index is 1260. The van der Waals surface area contributed by atoms with Crippen LogP contribution < -0.4 is 9.47 Å². The maximum absolute atomic E-state index is 13.3. The smallest absolute Gasteiger partial charge is 0.308 e. The van der Waals surface area contributed by atoms with Crippen molar-refractivity contribution in [1.82, 2.24) is 0 Å². The van der Waals surface area contributed by atoms with Gasteiger partial charge >= 0.3 is 5.97 Å². The molecule has 7 heteroatoms. The minimum Gasteiger partial charge on any atom is -0.506 e. The van der Waals surface area contributed by atoms with E-state index >= 15 is 0 Å². The summed E-state index contributed by atoms with van der Waals surface area (Å²) in [4.78, 5) is 38.1.